The molecular formula is C6H6ClKO2S2. The predicted octanol–water partition coefficient (Wildman–Crippen LogP) is 1.31. The molecule has 0 aliphatic rings. The van der Waals surface area contributed by atoms with Crippen LogP contribution in [0.2, 0.25) is 5.02 Å². The molecule has 0 fully saturated rings. The SMILES string of the molecule is O=S(=O)(S)c1ccc(Cl)cc1.[KH]. The predicted molar refractivity (Wildman–Crippen MR) is 54.8 cm³/mol. The number of halogens is 1. The van der Waals surface area contributed by atoms with Crippen molar-refractivity contribution in [2.24, 2.45) is 0 Å². The van der Waals surface area contributed by atoms with Gasteiger partial charge in [-0.2, -0.15) is 0 Å². The van der Waals surface area contributed by atoms with Gasteiger partial charge in [-0.15, -0.1) is 0 Å². The Balaban J connectivity index is 0.00000121. The fourth-order valence-corrected chi connectivity index (χ4v) is 1.58. The Hall–Kier alpha value is 1.45. The normalized spacial score (nSPS) is 10.5. The molecule has 0 aromatic heterocycles. The molecule has 6 heteroatoms. The first-order chi connectivity index (χ1) is 5.00. The molecule has 0 bridgehead atoms. The Morgan fingerprint density at radius 1 is 1.17 bits per heavy atom. The number of hydrogen-bond donors (Lipinski definition) is 1. The molecule has 0 atom stereocenters. The van der Waals surface area contributed by atoms with Crippen LogP contribution in [-0.4, -0.2) is 59.8 Å². The molecule has 1 aromatic rings. The van der Waals surface area contributed by atoms with E-state index in [4.69, 9.17) is 11.6 Å². The Bertz CT molecular complexity index is 346. The number of rotatable bonds is 1. The van der Waals surface area contributed by atoms with Crippen LogP contribution in [0.5, 0.6) is 0 Å². The van der Waals surface area contributed by atoms with Crippen LogP contribution in [-0.2, 0) is 8.87 Å². The molecular weight excluding hydrogens is 243 g/mol. The van der Waals surface area contributed by atoms with Gasteiger partial charge in [0.2, 0.25) is 8.87 Å². The van der Waals surface area contributed by atoms with Crippen LogP contribution >= 0.6 is 23.3 Å². The molecule has 0 amide bonds. The van der Waals surface area contributed by atoms with Gasteiger partial charge in [-0.25, -0.2) is 8.42 Å². The van der Waals surface area contributed by atoms with Gasteiger partial charge < -0.3 is 0 Å². The summed E-state index contributed by atoms with van der Waals surface area (Å²) < 4.78 is 21.5. The number of hydrogen-bond acceptors (Lipinski definition) is 2. The Labute approximate surface area is 124 Å². The van der Waals surface area contributed by atoms with Crippen molar-refractivity contribution in [2.45, 2.75) is 4.90 Å². The molecule has 0 N–H and O–H groups in total. The van der Waals surface area contributed by atoms with Crippen molar-refractivity contribution in [1.82, 2.24) is 0 Å². The van der Waals surface area contributed by atoms with Crippen molar-refractivity contribution in [3.8, 4) is 0 Å². The third-order valence-corrected chi connectivity index (χ3v) is 2.86. The number of thiol groups is 1. The van der Waals surface area contributed by atoms with Gasteiger partial charge in [0.15, 0.2) is 0 Å². The fraction of sp³-hybridized carbons (Fsp3) is 0. The molecule has 62 valence electrons. The second kappa shape index (κ2) is 5.36. The minimum atomic E-state index is -3.38. The Kier molecular flexibility index (Phi) is 6.00. The van der Waals surface area contributed by atoms with Crippen molar-refractivity contribution in [3.05, 3.63) is 29.3 Å². The quantitative estimate of drug-likeness (QED) is 0.462. The first-order valence-electron chi connectivity index (χ1n) is 2.73. The van der Waals surface area contributed by atoms with E-state index in [9.17, 15) is 8.42 Å². The summed E-state index contributed by atoms with van der Waals surface area (Å²) in [5, 5.41) is 0.505. The monoisotopic (exact) mass is 248 g/mol. The van der Waals surface area contributed by atoms with E-state index in [-0.39, 0.29) is 56.3 Å². The second-order valence-corrected chi connectivity index (χ2v) is 5.23. The minimum absolute atomic E-state index is 0. The zero-order valence-corrected chi connectivity index (χ0v) is 7.83. The molecule has 2 nitrogen and oxygen atoms in total. The summed E-state index contributed by atoms with van der Waals surface area (Å²) >= 11 is 8.95. The molecule has 0 aliphatic carbocycles. The summed E-state index contributed by atoms with van der Waals surface area (Å²) in [5.41, 5.74) is 0. The third-order valence-electron chi connectivity index (χ3n) is 1.11. The van der Waals surface area contributed by atoms with Gasteiger partial charge in [0.25, 0.3) is 0 Å². The zero-order valence-electron chi connectivity index (χ0n) is 5.36. The van der Waals surface area contributed by atoms with E-state index in [1.165, 1.54) is 24.3 Å². The summed E-state index contributed by atoms with van der Waals surface area (Å²) in [5.74, 6) is 0. The summed E-state index contributed by atoms with van der Waals surface area (Å²) in [4.78, 5) is 0.158. The van der Waals surface area contributed by atoms with Crippen molar-refractivity contribution in [2.75, 3.05) is 0 Å². The van der Waals surface area contributed by atoms with Gasteiger partial charge in [0, 0.05) is 5.02 Å². The van der Waals surface area contributed by atoms with Crippen LogP contribution in [0.3, 0.4) is 0 Å². The first-order valence-corrected chi connectivity index (χ1v) is 5.64. The van der Waals surface area contributed by atoms with Gasteiger partial charge in [-0.3, -0.25) is 0 Å². The standard InChI is InChI=1S/C6H5ClO2S2.K.H/c7-5-1-3-6(4-2-5)11(8,9)10;;/h1-4H,(H,8,9,10);;. The van der Waals surface area contributed by atoms with E-state index in [1.54, 1.807) is 0 Å². The maximum atomic E-state index is 10.8. The molecule has 0 saturated heterocycles. The van der Waals surface area contributed by atoms with E-state index >= 15 is 0 Å². The van der Waals surface area contributed by atoms with Crippen LogP contribution in [0.15, 0.2) is 29.2 Å². The van der Waals surface area contributed by atoms with Crippen molar-refractivity contribution >= 4 is 83.5 Å². The molecule has 0 saturated carbocycles. The fourth-order valence-electron chi connectivity index (χ4n) is 0.607. The molecule has 1 aromatic carbocycles. The first kappa shape index (κ1) is 13.4. The van der Waals surface area contributed by atoms with Crippen molar-refractivity contribution in [3.63, 3.8) is 0 Å². The summed E-state index contributed by atoms with van der Waals surface area (Å²) in [7, 11) is -3.38. The van der Waals surface area contributed by atoms with Crippen molar-refractivity contribution in [1.29, 1.82) is 0 Å². The molecule has 1 rings (SSSR count). The van der Waals surface area contributed by atoms with Gasteiger partial charge in [0.1, 0.15) is 0 Å². The van der Waals surface area contributed by atoms with E-state index in [1.807, 2.05) is 0 Å². The van der Waals surface area contributed by atoms with Crippen LogP contribution in [0.1, 0.15) is 0 Å². The van der Waals surface area contributed by atoms with E-state index in [0.717, 1.165) is 0 Å². The van der Waals surface area contributed by atoms with Crippen LogP contribution in [0.4, 0.5) is 0 Å². The van der Waals surface area contributed by atoms with Crippen molar-refractivity contribution < 1.29 is 8.42 Å². The summed E-state index contributed by atoms with van der Waals surface area (Å²) in [6, 6.07) is 5.82. The van der Waals surface area contributed by atoms with Gasteiger partial charge in [-0.05, 0) is 35.9 Å². The molecule has 0 heterocycles. The third kappa shape index (κ3) is 4.10. The van der Waals surface area contributed by atoms with E-state index < -0.39 is 8.87 Å². The Morgan fingerprint density at radius 3 is 1.92 bits per heavy atom. The molecule has 0 unspecified atom stereocenters. The van der Waals surface area contributed by atoms with E-state index in [0.29, 0.717) is 5.02 Å². The topological polar surface area (TPSA) is 34.1 Å². The van der Waals surface area contributed by atoms with Gasteiger partial charge in [0.05, 0.1) is 4.90 Å². The van der Waals surface area contributed by atoms with E-state index in [2.05, 4.69) is 11.7 Å². The summed E-state index contributed by atoms with van der Waals surface area (Å²) in [6.45, 7) is 0. The molecule has 0 spiro atoms. The van der Waals surface area contributed by atoms with Gasteiger partial charge >= 0.3 is 51.4 Å². The molecule has 0 radical (unpaired) electrons. The van der Waals surface area contributed by atoms with Crippen LogP contribution < -0.4 is 0 Å². The van der Waals surface area contributed by atoms with Crippen LogP contribution in [0.25, 0.3) is 0 Å². The maximum absolute atomic E-state index is 10.8. The number of benzene rings is 1. The average Bonchev–Trinajstić information content (AvgIpc) is 1.86. The summed E-state index contributed by atoms with van der Waals surface area (Å²) in [6.07, 6.45) is 0. The zero-order chi connectivity index (χ0) is 8.48. The van der Waals surface area contributed by atoms with Gasteiger partial charge in [-0.1, -0.05) is 11.6 Å². The van der Waals surface area contributed by atoms with Crippen LogP contribution in [0, 0.1) is 0 Å². The average molecular weight is 249 g/mol. The molecule has 12 heavy (non-hydrogen) atoms. The Morgan fingerprint density at radius 2 is 1.58 bits per heavy atom. The second-order valence-electron chi connectivity index (χ2n) is 1.93. The molecule has 0 aliphatic heterocycles.